The minimum Gasteiger partial charge on any atom is -0.269 e. The van der Waals surface area contributed by atoms with Crippen LogP contribution in [-0.4, -0.2) is 10.3 Å². The quantitative estimate of drug-likeness (QED) is 0.729. The molecule has 2 atom stereocenters. The maximum Gasteiger partial charge on any atom is 0.0988 e. The van der Waals surface area contributed by atoms with Crippen LogP contribution in [0.5, 0.6) is 0 Å². The molecule has 1 nitrogen and oxygen atoms in total. The average molecular weight is 295 g/mol. The minimum atomic E-state index is 0.213. The van der Waals surface area contributed by atoms with E-state index >= 15 is 0 Å². The fourth-order valence-electron chi connectivity index (χ4n) is 2.68. The van der Waals surface area contributed by atoms with Gasteiger partial charge in [-0.3, -0.25) is 4.99 Å². The highest BCUT2D eigenvalue weighted by Crippen LogP contribution is 2.47. The molecule has 2 heteroatoms. The van der Waals surface area contributed by atoms with Crippen LogP contribution in [0.25, 0.3) is 0 Å². The molecule has 0 amide bonds. The molecule has 0 aliphatic carbocycles. The van der Waals surface area contributed by atoms with E-state index in [9.17, 15) is 0 Å². The van der Waals surface area contributed by atoms with Crippen molar-refractivity contribution in [2.75, 3.05) is 0 Å². The van der Waals surface area contributed by atoms with Gasteiger partial charge in [0, 0.05) is 10.8 Å². The standard InChI is InChI=1S/C19H21NS/c1-19(2,3)17-16(14-10-6-4-7-11-14)20-18(21-17)15-12-8-5-9-13-15/h4-13,16-17H,1-3H3/t16-,17+/m1/s1. The zero-order chi connectivity index (χ0) is 14.9. The number of rotatable bonds is 2. The van der Waals surface area contributed by atoms with Crippen LogP contribution >= 0.6 is 11.8 Å². The summed E-state index contributed by atoms with van der Waals surface area (Å²) < 4.78 is 0. The number of thioether (sulfide) groups is 1. The third-order valence-electron chi connectivity index (χ3n) is 3.80. The lowest BCUT2D eigenvalue weighted by molar-refractivity contribution is 0.363. The highest BCUT2D eigenvalue weighted by Gasteiger charge is 2.39. The molecule has 1 heterocycles. The Bertz CT molecular complexity index is 626. The largest absolute Gasteiger partial charge is 0.269 e. The van der Waals surface area contributed by atoms with Gasteiger partial charge in [-0.05, 0) is 11.0 Å². The van der Waals surface area contributed by atoms with E-state index in [1.54, 1.807) is 0 Å². The number of benzene rings is 2. The van der Waals surface area contributed by atoms with E-state index < -0.39 is 0 Å². The van der Waals surface area contributed by atoms with Gasteiger partial charge in [-0.25, -0.2) is 0 Å². The van der Waals surface area contributed by atoms with Crippen molar-refractivity contribution in [2.45, 2.75) is 32.1 Å². The fraction of sp³-hybridized carbons (Fsp3) is 0.316. The van der Waals surface area contributed by atoms with E-state index in [1.807, 2.05) is 11.8 Å². The summed E-state index contributed by atoms with van der Waals surface area (Å²) >= 11 is 1.92. The van der Waals surface area contributed by atoms with Crippen LogP contribution < -0.4 is 0 Å². The highest BCUT2D eigenvalue weighted by atomic mass is 32.2. The smallest absolute Gasteiger partial charge is 0.0988 e. The Morgan fingerprint density at radius 3 is 2.00 bits per heavy atom. The molecule has 0 saturated carbocycles. The highest BCUT2D eigenvalue weighted by molar-refractivity contribution is 8.15. The first-order chi connectivity index (χ1) is 10.1. The van der Waals surface area contributed by atoms with E-state index in [-0.39, 0.29) is 11.5 Å². The van der Waals surface area contributed by atoms with Gasteiger partial charge >= 0.3 is 0 Å². The Balaban J connectivity index is 1.99. The minimum absolute atomic E-state index is 0.213. The summed E-state index contributed by atoms with van der Waals surface area (Å²) in [6.07, 6.45) is 0. The molecule has 21 heavy (non-hydrogen) atoms. The molecule has 0 radical (unpaired) electrons. The van der Waals surface area contributed by atoms with E-state index in [4.69, 9.17) is 4.99 Å². The molecule has 0 aromatic heterocycles. The predicted octanol–water partition coefficient (Wildman–Crippen LogP) is 5.34. The Morgan fingerprint density at radius 1 is 0.857 bits per heavy atom. The van der Waals surface area contributed by atoms with Crippen LogP contribution in [0.3, 0.4) is 0 Å². The Morgan fingerprint density at radius 2 is 1.43 bits per heavy atom. The zero-order valence-electron chi connectivity index (χ0n) is 12.8. The summed E-state index contributed by atoms with van der Waals surface area (Å²) in [5.74, 6) is 0. The van der Waals surface area contributed by atoms with Crippen LogP contribution in [0.1, 0.15) is 37.9 Å². The molecule has 0 fully saturated rings. The lowest BCUT2D eigenvalue weighted by Gasteiger charge is -2.30. The van der Waals surface area contributed by atoms with E-state index in [0.29, 0.717) is 5.25 Å². The SMILES string of the molecule is CC(C)(C)[C@H]1SC(c2ccccc2)=N[C@@H]1c1ccccc1. The summed E-state index contributed by atoms with van der Waals surface area (Å²) in [7, 11) is 0. The summed E-state index contributed by atoms with van der Waals surface area (Å²) in [5.41, 5.74) is 2.76. The molecule has 0 saturated heterocycles. The molecule has 1 aliphatic rings. The second-order valence-electron chi connectivity index (χ2n) is 6.56. The van der Waals surface area contributed by atoms with Gasteiger partial charge in [0.15, 0.2) is 0 Å². The number of hydrogen-bond acceptors (Lipinski definition) is 2. The van der Waals surface area contributed by atoms with Gasteiger partial charge in [0.25, 0.3) is 0 Å². The average Bonchev–Trinajstić information content (AvgIpc) is 2.94. The molecule has 2 aromatic carbocycles. The van der Waals surface area contributed by atoms with Crippen molar-refractivity contribution in [3.8, 4) is 0 Å². The summed E-state index contributed by atoms with van der Waals surface area (Å²) in [5, 5.41) is 1.64. The van der Waals surface area contributed by atoms with Crippen molar-refractivity contribution < 1.29 is 0 Å². The van der Waals surface area contributed by atoms with E-state index in [2.05, 4.69) is 81.4 Å². The van der Waals surface area contributed by atoms with Crippen molar-refractivity contribution in [3.05, 3.63) is 71.8 Å². The molecular formula is C19H21NS. The van der Waals surface area contributed by atoms with Gasteiger partial charge in [-0.15, -0.1) is 0 Å². The van der Waals surface area contributed by atoms with Crippen molar-refractivity contribution in [1.29, 1.82) is 0 Å². The summed E-state index contributed by atoms with van der Waals surface area (Å²) in [6.45, 7) is 6.93. The first-order valence-corrected chi connectivity index (χ1v) is 8.28. The van der Waals surface area contributed by atoms with Crippen molar-refractivity contribution in [1.82, 2.24) is 0 Å². The first-order valence-electron chi connectivity index (χ1n) is 7.40. The third-order valence-corrected chi connectivity index (χ3v) is 5.58. The topological polar surface area (TPSA) is 12.4 Å². The van der Waals surface area contributed by atoms with E-state index in [0.717, 1.165) is 0 Å². The van der Waals surface area contributed by atoms with Crippen molar-refractivity contribution in [2.24, 2.45) is 10.4 Å². The van der Waals surface area contributed by atoms with Crippen LogP contribution in [0.4, 0.5) is 0 Å². The van der Waals surface area contributed by atoms with Crippen LogP contribution in [0, 0.1) is 5.41 Å². The van der Waals surface area contributed by atoms with Crippen molar-refractivity contribution >= 4 is 16.8 Å². The fourth-order valence-corrected chi connectivity index (χ4v) is 4.07. The first kappa shape index (κ1) is 14.4. The van der Waals surface area contributed by atoms with Gasteiger partial charge in [-0.1, -0.05) is 93.2 Å². The van der Waals surface area contributed by atoms with Gasteiger partial charge in [0.05, 0.1) is 11.1 Å². The Kier molecular flexibility index (Phi) is 3.90. The van der Waals surface area contributed by atoms with Crippen LogP contribution in [-0.2, 0) is 0 Å². The van der Waals surface area contributed by atoms with Gasteiger partial charge in [0.1, 0.15) is 0 Å². The lowest BCUT2D eigenvalue weighted by atomic mass is 9.85. The van der Waals surface area contributed by atoms with Gasteiger partial charge in [0.2, 0.25) is 0 Å². The van der Waals surface area contributed by atoms with Crippen molar-refractivity contribution in [3.63, 3.8) is 0 Å². The molecular weight excluding hydrogens is 274 g/mol. The molecule has 2 aromatic rings. The Labute approximate surface area is 131 Å². The maximum atomic E-state index is 5.06. The third kappa shape index (κ3) is 3.06. The number of hydrogen-bond donors (Lipinski definition) is 0. The second-order valence-corrected chi connectivity index (χ2v) is 7.69. The normalized spacial score (nSPS) is 22.1. The number of aliphatic imine (C=N–C) groups is 1. The number of nitrogens with zero attached hydrogens (tertiary/aromatic N) is 1. The molecule has 1 aliphatic heterocycles. The van der Waals surface area contributed by atoms with Crippen LogP contribution in [0.15, 0.2) is 65.7 Å². The monoisotopic (exact) mass is 295 g/mol. The van der Waals surface area contributed by atoms with Gasteiger partial charge in [-0.2, -0.15) is 0 Å². The van der Waals surface area contributed by atoms with Crippen LogP contribution in [0.2, 0.25) is 0 Å². The molecule has 3 rings (SSSR count). The maximum absolute atomic E-state index is 5.06. The summed E-state index contributed by atoms with van der Waals surface area (Å²) in [4.78, 5) is 5.06. The summed E-state index contributed by atoms with van der Waals surface area (Å²) in [6, 6.07) is 21.4. The lowest BCUT2D eigenvalue weighted by Crippen LogP contribution is -2.26. The molecule has 0 spiro atoms. The Hall–Kier alpha value is -1.54. The predicted molar refractivity (Wildman–Crippen MR) is 93.0 cm³/mol. The van der Waals surface area contributed by atoms with Gasteiger partial charge < -0.3 is 0 Å². The van der Waals surface area contributed by atoms with E-state index in [1.165, 1.54) is 16.2 Å². The zero-order valence-corrected chi connectivity index (χ0v) is 13.6. The second kappa shape index (κ2) is 5.69. The molecule has 0 unspecified atom stereocenters. The molecule has 0 N–H and O–H groups in total. The molecule has 108 valence electrons. The molecule has 0 bridgehead atoms.